The number of ether oxygens (including phenoxy) is 1. The Morgan fingerprint density at radius 1 is 1.00 bits per heavy atom. The average Bonchev–Trinajstić information content (AvgIpc) is 2.08. The lowest BCUT2D eigenvalue weighted by molar-refractivity contribution is 0.199. The summed E-state index contributed by atoms with van der Waals surface area (Å²) in [6, 6.07) is 0. The van der Waals surface area contributed by atoms with Gasteiger partial charge in [-0.05, 0) is 46.7 Å². The first kappa shape index (κ1) is 13.9. The van der Waals surface area contributed by atoms with Crippen LogP contribution < -0.4 is 10.6 Å². The van der Waals surface area contributed by atoms with Gasteiger partial charge in [-0.3, -0.25) is 0 Å². The van der Waals surface area contributed by atoms with Crippen LogP contribution in [0.3, 0.4) is 0 Å². The lowest BCUT2D eigenvalue weighted by atomic mass is 10.1. The predicted molar refractivity (Wildman–Crippen MR) is 61.7 cm³/mol. The standard InChI is InChI=1S/C11H26N2O/c1-11(2,3)13-8-6-5-7-12-9-10-14-4/h12-13H,5-10H2,1-4H3. The highest BCUT2D eigenvalue weighted by atomic mass is 16.5. The topological polar surface area (TPSA) is 33.3 Å². The Hall–Kier alpha value is -0.120. The highest BCUT2D eigenvalue weighted by Gasteiger charge is 2.06. The van der Waals surface area contributed by atoms with Gasteiger partial charge in [0.25, 0.3) is 0 Å². The number of methoxy groups -OCH3 is 1. The number of nitrogens with one attached hydrogen (secondary N) is 2. The first-order valence-electron chi connectivity index (χ1n) is 5.51. The Morgan fingerprint density at radius 2 is 1.64 bits per heavy atom. The maximum absolute atomic E-state index is 4.94. The fourth-order valence-corrected chi connectivity index (χ4v) is 1.14. The molecule has 0 aromatic heterocycles. The second-order valence-electron chi connectivity index (χ2n) is 4.63. The van der Waals surface area contributed by atoms with Crippen molar-refractivity contribution >= 4 is 0 Å². The van der Waals surface area contributed by atoms with Crippen LogP contribution in [0.4, 0.5) is 0 Å². The quantitative estimate of drug-likeness (QED) is 0.584. The molecule has 0 aliphatic rings. The first-order chi connectivity index (χ1) is 6.56. The van der Waals surface area contributed by atoms with E-state index in [0.29, 0.717) is 0 Å². The van der Waals surface area contributed by atoms with Gasteiger partial charge in [0.1, 0.15) is 0 Å². The van der Waals surface area contributed by atoms with Crippen molar-refractivity contribution in [1.82, 2.24) is 10.6 Å². The summed E-state index contributed by atoms with van der Waals surface area (Å²) in [4.78, 5) is 0. The lowest BCUT2D eigenvalue weighted by Crippen LogP contribution is -2.36. The van der Waals surface area contributed by atoms with Crippen LogP contribution in [-0.2, 0) is 4.74 Å². The molecular weight excluding hydrogens is 176 g/mol. The number of hydrogen-bond acceptors (Lipinski definition) is 3. The highest BCUT2D eigenvalue weighted by molar-refractivity contribution is 4.69. The van der Waals surface area contributed by atoms with E-state index in [1.54, 1.807) is 7.11 Å². The number of hydrogen-bond donors (Lipinski definition) is 2. The van der Waals surface area contributed by atoms with Gasteiger partial charge in [-0.25, -0.2) is 0 Å². The molecule has 0 atom stereocenters. The van der Waals surface area contributed by atoms with Crippen LogP contribution in [0.2, 0.25) is 0 Å². The van der Waals surface area contributed by atoms with E-state index in [4.69, 9.17) is 4.74 Å². The van der Waals surface area contributed by atoms with Gasteiger partial charge in [-0.15, -0.1) is 0 Å². The SMILES string of the molecule is COCCNCCCCNC(C)(C)C. The molecule has 3 heteroatoms. The summed E-state index contributed by atoms with van der Waals surface area (Å²) in [5.74, 6) is 0. The fraction of sp³-hybridized carbons (Fsp3) is 1.00. The van der Waals surface area contributed by atoms with Crippen LogP contribution in [0.15, 0.2) is 0 Å². The highest BCUT2D eigenvalue weighted by Crippen LogP contribution is 1.98. The molecule has 0 fully saturated rings. The molecule has 0 unspecified atom stereocenters. The lowest BCUT2D eigenvalue weighted by Gasteiger charge is -2.20. The molecule has 0 aromatic carbocycles. The summed E-state index contributed by atoms with van der Waals surface area (Å²) >= 11 is 0. The van der Waals surface area contributed by atoms with Crippen molar-refractivity contribution in [1.29, 1.82) is 0 Å². The molecule has 0 amide bonds. The third-order valence-electron chi connectivity index (χ3n) is 1.92. The van der Waals surface area contributed by atoms with Gasteiger partial charge >= 0.3 is 0 Å². The Bertz CT molecular complexity index is 121. The molecule has 0 radical (unpaired) electrons. The minimum Gasteiger partial charge on any atom is -0.383 e. The zero-order valence-corrected chi connectivity index (χ0v) is 10.2. The van der Waals surface area contributed by atoms with Crippen molar-refractivity contribution in [3.05, 3.63) is 0 Å². The van der Waals surface area contributed by atoms with Gasteiger partial charge in [0.15, 0.2) is 0 Å². The fourth-order valence-electron chi connectivity index (χ4n) is 1.14. The second-order valence-corrected chi connectivity index (χ2v) is 4.63. The second kappa shape index (κ2) is 8.21. The van der Waals surface area contributed by atoms with Gasteiger partial charge in [-0.2, -0.15) is 0 Å². The Labute approximate surface area is 88.6 Å². The van der Waals surface area contributed by atoms with Crippen LogP contribution >= 0.6 is 0 Å². The summed E-state index contributed by atoms with van der Waals surface area (Å²) in [5, 5.41) is 6.80. The van der Waals surface area contributed by atoms with Crippen molar-refractivity contribution < 1.29 is 4.74 Å². The maximum Gasteiger partial charge on any atom is 0.0587 e. The van der Waals surface area contributed by atoms with Crippen molar-refractivity contribution in [2.45, 2.75) is 39.2 Å². The van der Waals surface area contributed by atoms with Crippen molar-refractivity contribution in [2.24, 2.45) is 0 Å². The van der Waals surface area contributed by atoms with Crippen molar-refractivity contribution in [3.63, 3.8) is 0 Å². The van der Waals surface area contributed by atoms with E-state index < -0.39 is 0 Å². The van der Waals surface area contributed by atoms with E-state index >= 15 is 0 Å². The third kappa shape index (κ3) is 11.9. The van der Waals surface area contributed by atoms with E-state index in [1.807, 2.05) is 0 Å². The Kier molecular flexibility index (Phi) is 8.14. The smallest absolute Gasteiger partial charge is 0.0587 e. The zero-order chi connectivity index (χ0) is 10.9. The normalized spacial score (nSPS) is 12.0. The molecule has 14 heavy (non-hydrogen) atoms. The summed E-state index contributed by atoms with van der Waals surface area (Å²) in [6.45, 7) is 10.6. The van der Waals surface area contributed by atoms with E-state index in [2.05, 4.69) is 31.4 Å². The zero-order valence-electron chi connectivity index (χ0n) is 10.2. The third-order valence-corrected chi connectivity index (χ3v) is 1.92. The van der Waals surface area contributed by atoms with Gasteiger partial charge in [0, 0.05) is 19.2 Å². The van der Waals surface area contributed by atoms with Crippen LogP contribution in [0.5, 0.6) is 0 Å². The molecule has 0 spiro atoms. The summed E-state index contributed by atoms with van der Waals surface area (Å²) < 4.78 is 4.94. The molecule has 0 aliphatic heterocycles. The van der Waals surface area contributed by atoms with E-state index in [0.717, 1.165) is 26.2 Å². The summed E-state index contributed by atoms with van der Waals surface area (Å²) in [7, 11) is 1.73. The van der Waals surface area contributed by atoms with Crippen LogP contribution in [0.25, 0.3) is 0 Å². The molecule has 3 nitrogen and oxygen atoms in total. The van der Waals surface area contributed by atoms with E-state index in [-0.39, 0.29) is 5.54 Å². The van der Waals surface area contributed by atoms with Crippen LogP contribution in [0, 0.1) is 0 Å². The minimum absolute atomic E-state index is 0.253. The largest absolute Gasteiger partial charge is 0.383 e. The molecule has 0 saturated heterocycles. The van der Waals surface area contributed by atoms with Crippen LogP contribution in [0.1, 0.15) is 33.6 Å². The molecule has 2 N–H and O–H groups in total. The molecule has 0 aliphatic carbocycles. The maximum atomic E-state index is 4.94. The van der Waals surface area contributed by atoms with Gasteiger partial charge in [0.05, 0.1) is 6.61 Å². The van der Waals surface area contributed by atoms with Gasteiger partial charge < -0.3 is 15.4 Å². The van der Waals surface area contributed by atoms with E-state index in [9.17, 15) is 0 Å². The first-order valence-corrected chi connectivity index (χ1v) is 5.51. The molecular formula is C11H26N2O. The van der Waals surface area contributed by atoms with Crippen LogP contribution in [-0.4, -0.2) is 38.9 Å². The Balaban J connectivity index is 2.99. The molecule has 0 aromatic rings. The molecule has 0 bridgehead atoms. The molecule has 86 valence electrons. The van der Waals surface area contributed by atoms with Gasteiger partial charge in [0.2, 0.25) is 0 Å². The molecule has 0 heterocycles. The van der Waals surface area contributed by atoms with Crippen molar-refractivity contribution in [3.8, 4) is 0 Å². The predicted octanol–water partition coefficient (Wildman–Crippen LogP) is 1.39. The van der Waals surface area contributed by atoms with Crippen molar-refractivity contribution in [2.75, 3.05) is 33.4 Å². The number of unbranched alkanes of at least 4 members (excludes halogenated alkanes) is 1. The Morgan fingerprint density at radius 3 is 2.21 bits per heavy atom. The molecule has 0 saturated carbocycles. The van der Waals surface area contributed by atoms with E-state index in [1.165, 1.54) is 12.8 Å². The number of rotatable bonds is 8. The summed E-state index contributed by atoms with van der Waals surface area (Å²) in [6.07, 6.45) is 2.46. The summed E-state index contributed by atoms with van der Waals surface area (Å²) in [5.41, 5.74) is 0.253. The monoisotopic (exact) mass is 202 g/mol. The molecule has 0 rings (SSSR count). The van der Waals surface area contributed by atoms with Gasteiger partial charge in [-0.1, -0.05) is 0 Å². The minimum atomic E-state index is 0.253. The average molecular weight is 202 g/mol.